The predicted octanol–water partition coefficient (Wildman–Crippen LogP) is 4.14. The van der Waals surface area contributed by atoms with Crippen LogP contribution in [0.3, 0.4) is 0 Å². The van der Waals surface area contributed by atoms with Crippen molar-refractivity contribution >= 4 is 50.0 Å². The molecule has 0 unspecified atom stereocenters. The fourth-order valence-corrected chi connectivity index (χ4v) is 6.57. The lowest BCUT2D eigenvalue weighted by atomic mass is 9.89. The van der Waals surface area contributed by atoms with Crippen molar-refractivity contribution in [1.82, 2.24) is 15.0 Å². The number of carbonyl (C=O) groups is 1. The van der Waals surface area contributed by atoms with Gasteiger partial charge in [-0.1, -0.05) is 32.0 Å². The molecule has 2 aliphatic rings. The van der Waals surface area contributed by atoms with Gasteiger partial charge in [0.05, 0.1) is 5.52 Å². The minimum atomic E-state index is -3.94. The molecule has 0 spiro atoms. The molecule has 0 saturated carbocycles. The first-order valence-corrected chi connectivity index (χ1v) is 13.1. The van der Waals surface area contributed by atoms with E-state index in [0.717, 1.165) is 27.9 Å². The van der Waals surface area contributed by atoms with Crippen molar-refractivity contribution in [3.05, 3.63) is 72.1 Å². The zero-order valence-corrected chi connectivity index (χ0v) is 20.6. The van der Waals surface area contributed by atoms with Crippen LogP contribution in [0.5, 0.6) is 0 Å². The molecule has 2 aromatic heterocycles. The normalized spacial score (nSPS) is 16.4. The number of rotatable bonds is 4. The van der Waals surface area contributed by atoms with E-state index in [1.165, 1.54) is 4.31 Å². The molecule has 0 bridgehead atoms. The van der Waals surface area contributed by atoms with Crippen LogP contribution in [0.4, 0.5) is 23.1 Å². The van der Waals surface area contributed by atoms with Gasteiger partial charge in [-0.3, -0.25) is 9.78 Å². The molecule has 6 rings (SSSR count). The van der Waals surface area contributed by atoms with E-state index in [-0.39, 0.29) is 17.3 Å². The Morgan fingerprint density at radius 1 is 1.06 bits per heavy atom. The number of nitrogens with one attached hydrogen (secondary N) is 2. The predicted molar refractivity (Wildman–Crippen MR) is 138 cm³/mol. The third-order valence-electron chi connectivity index (χ3n) is 6.69. The number of hydrogen-bond donors (Lipinski definition) is 2. The molecular weight excluding hydrogens is 476 g/mol. The highest BCUT2D eigenvalue weighted by Crippen LogP contribution is 2.42. The molecule has 4 aromatic rings. The number of aryl methyl sites for hydroxylation is 1. The van der Waals surface area contributed by atoms with Gasteiger partial charge in [-0.25, -0.2) is 17.7 Å². The summed E-state index contributed by atoms with van der Waals surface area (Å²) < 4.78 is 29.2. The summed E-state index contributed by atoms with van der Waals surface area (Å²) in [5, 5.41) is 6.82. The van der Waals surface area contributed by atoms with E-state index in [2.05, 4.69) is 25.6 Å². The molecule has 9 nitrogen and oxygen atoms in total. The van der Waals surface area contributed by atoms with E-state index in [0.29, 0.717) is 30.1 Å². The average Bonchev–Trinajstić information content (AvgIpc) is 3.14. The molecule has 4 heterocycles. The van der Waals surface area contributed by atoms with E-state index in [9.17, 15) is 13.2 Å². The van der Waals surface area contributed by atoms with Gasteiger partial charge in [-0.15, -0.1) is 0 Å². The summed E-state index contributed by atoms with van der Waals surface area (Å²) in [4.78, 5) is 25.3. The molecular formula is C26H24N6O3S. The number of pyridine rings is 1. The Morgan fingerprint density at radius 3 is 2.75 bits per heavy atom. The van der Waals surface area contributed by atoms with E-state index in [4.69, 9.17) is 0 Å². The summed E-state index contributed by atoms with van der Waals surface area (Å²) in [7, 11) is -3.94. The standard InChI is InChI=1S/C26H24N6O3S/c1-26(2)15-32(36(34,35)21-7-3-5-16-6-4-12-27-23(16)21)24-19(26)14-28-25(31-24)29-18-9-10-20-17(13-18)8-11-22(33)30-20/h3-7,9-10,12-14H,8,11,15H2,1-2H3,(H,30,33)(H,28,29,31). The van der Waals surface area contributed by atoms with Crippen LogP contribution in [0.2, 0.25) is 0 Å². The van der Waals surface area contributed by atoms with E-state index in [1.54, 1.807) is 30.6 Å². The molecule has 1 amide bonds. The number of nitrogens with zero attached hydrogens (tertiary/aromatic N) is 4. The minimum absolute atomic E-state index is 0.00970. The first kappa shape index (κ1) is 22.4. The molecule has 182 valence electrons. The monoisotopic (exact) mass is 500 g/mol. The van der Waals surface area contributed by atoms with E-state index >= 15 is 0 Å². The number of fused-ring (bicyclic) bond motifs is 3. The first-order chi connectivity index (χ1) is 17.2. The summed E-state index contributed by atoms with van der Waals surface area (Å²) in [6, 6.07) is 14.4. The summed E-state index contributed by atoms with van der Waals surface area (Å²) in [6.45, 7) is 4.21. The number of sulfonamides is 1. The van der Waals surface area contributed by atoms with Crippen molar-refractivity contribution in [1.29, 1.82) is 0 Å². The quantitative estimate of drug-likeness (QED) is 0.432. The highest BCUT2D eigenvalue weighted by molar-refractivity contribution is 7.93. The van der Waals surface area contributed by atoms with Crippen molar-refractivity contribution in [2.24, 2.45) is 0 Å². The highest BCUT2D eigenvalue weighted by atomic mass is 32.2. The topological polar surface area (TPSA) is 117 Å². The van der Waals surface area contributed by atoms with Crippen molar-refractivity contribution in [2.45, 2.75) is 37.0 Å². The van der Waals surface area contributed by atoms with Gasteiger partial charge in [-0.05, 0) is 42.3 Å². The number of para-hydroxylation sites is 1. The van der Waals surface area contributed by atoms with Gasteiger partial charge in [-0.2, -0.15) is 4.98 Å². The van der Waals surface area contributed by atoms with Crippen molar-refractivity contribution in [3.63, 3.8) is 0 Å². The maximum absolute atomic E-state index is 13.9. The van der Waals surface area contributed by atoms with Crippen molar-refractivity contribution in [3.8, 4) is 0 Å². The fraction of sp³-hybridized carbons (Fsp3) is 0.231. The Kier molecular flexibility index (Phi) is 4.97. The fourth-order valence-electron chi connectivity index (χ4n) is 4.81. The summed E-state index contributed by atoms with van der Waals surface area (Å²) >= 11 is 0. The number of benzene rings is 2. The molecule has 0 radical (unpaired) electrons. The SMILES string of the molecule is CC1(C)CN(S(=O)(=O)c2cccc3cccnc23)c2nc(Nc3ccc4c(c3)CCC(=O)N4)ncc21. The number of anilines is 4. The number of aromatic nitrogens is 3. The van der Waals surface area contributed by atoms with Gasteiger partial charge in [0.1, 0.15) is 4.90 Å². The maximum Gasteiger partial charge on any atom is 0.267 e. The average molecular weight is 501 g/mol. The smallest absolute Gasteiger partial charge is 0.267 e. The second-order valence-corrected chi connectivity index (χ2v) is 11.5. The maximum atomic E-state index is 13.9. The Morgan fingerprint density at radius 2 is 1.89 bits per heavy atom. The Labute approximate surface area is 208 Å². The van der Waals surface area contributed by atoms with Gasteiger partial charge in [0, 0.05) is 53.1 Å². The molecule has 2 aromatic carbocycles. The zero-order chi connectivity index (χ0) is 25.1. The van der Waals surface area contributed by atoms with Crippen LogP contribution in [0, 0.1) is 0 Å². The van der Waals surface area contributed by atoms with Crippen LogP contribution >= 0.6 is 0 Å². The first-order valence-electron chi connectivity index (χ1n) is 11.7. The Hall–Kier alpha value is -4.05. The lowest BCUT2D eigenvalue weighted by Gasteiger charge is -2.22. The third kappa shape index (κ3) is 3.65. The van der Waals surface area contributed by atoms with E-state index < -0.39 is 15.4 Å². The van der Waals surface area contributed by atoms with Gasteiger partial charge in [0.25, 0.3) is 10.0 Å². The summed E-state index contributed by atoms with van der Waals surface area (Å²) in [5.41, 5.74) is 3.31. The summed E-state index contributed by atoms with van der Waals surface area (Å²) in [6.07, 6.45) is 4.38. The molecule has 2 N–H and O–H groups in total. The molecule has 36 heavy (non-hydrogen) atoms. The Balaban J connectivity index is 1.39. The van der Waals surface area contributed by atoms with Crippen molar-refractivity contribution < 1.29 is 13.2 Å². The molecule has 0 fully saturated rings. The molecule has 0 atom stereocenters. The number of carbonyl (C=O) groups excluding carboxylic acids is 1. The van der Waals surface area contributed by atoms with Gasteiger partial charge in [0.2, 0.25) is 11.9 Å². The lowest BCUT2D eigenvalue weighted by Crippen LogP contribution is -2.34. The second kappa shape index (κ2) is 7.99. The van der Waals surface area contributed by atoms with Crippen LogP contribution < -0.4 is 14.9 Å². The zero-order valence-electron chi connectivity index (χ0n) is 19.8. The molecule has 0 saturated heterocycles. The van der Waals surface area contributed by atoms with Gasteiger partial charge in [0.15, 0.2) is 5.82 Å². The van der Waals surface area contributed by atoms with Crippen LogP contribution in [-0.2, 0) is 26.7 Å². The molecule has 0 aliphatic carbocycles. The number of hydrogen-bond acceptors (Lipinski definition) is 7. The highest BCUT2D eigenvalue weighted by Gasteiger charge is 2.43. The molecule has 2 aliphatic heterocycles. The van der Waals surface area contributed by atoms with E-state index in [1.807, 2.05) is 44.2 Å². The third-order valence-corrected chi connectivity index (χ3v) is 8.46. The van der Waals surface area contributed by atoms with Crippen LogP contribution in [0.25, 0.3) is 10.9 Å². The van der Waals surface area contributed by atoms with Gasteiger partial charge < -0.3 is 10.6 Å². The van der Waals surface area contributed by atoms with Crippen LogP contribution in [0.15, 0.2) is 65.8 Å². The largest absolute Gasteiger partial charge is 0.326 e. The van der Waals surface area contributed by atoms with Gasteiger partial charge >= 0.3 is 0 Å². The van der Waals surface area contributed by atoms with Crippen LogP contribution in [0.1, 0.15) is 31.4 Å². The minimum Gasteiger partial charge on any atom is -0.326 e. The lowest BCUT2D eigenvalue weighted by molar-refractivity contribution is -0.116. The summed E-state index contributed by atoms with van der Waals surface area (Å²) in [5.74, 6) is 0.661. The van der Waals surface area contributed by atoms with Crippen LogP contribution in [-0.4, -0.2) is 35.8 Å². The number of amides is 1. The second-order valence-electron chi connectivity index (χ2n) is 9.70. The Bertz CT molecular complexity index is 1650. The van der Waals surface area contributed by atoms with Crippen molar-refractivity contribution in [2.75, 3.05) is 21.5 Å². The molecule has 10 heteroatoms.